The Morgan fingerprint density at radius 1 is 0.402 bits per heavy atom. The third kappa shape index (κ3) is 26.6. The lowest BCUT2D eigenvalue weighted by molar-refractivity contribution is -0.331. The van der Waals surface area contributed by atoms with Crippen molar-refractivity contribution >= 4 is 0 Å². The van der Waals surface area contributed by atoms with E-state index in [0.29, 0.717) is 26.4 Å². The molecule has 9 rings (SSSR count). The number of aromatic nitrogens is 3. The van der Waals surface area contributed by atoms with Gasteiger partial charge in [0.25, 0.3) is 0 Å². The molecule has 8 aromatic rings. The summed E-state index contributed by atoms with van der Waals surface area (Å²) in [6.07, 6.45) is 21.8. The second kappa shape index (κ2) is 44.1. The Kier molecular flexibility index (Phi) is 33.7. The first-order chi connectivity index (χ1) is 48.0. The molecule has 0 bridgehead atoms. The molecule has 97 heavy (non-hydrogen) atoms. The summed E-state index contributed by atoms with van der Waals surface area (Å²) in [5.74, 6) is 1.56. The van der Waals surface area contributed by atoms with E-state index < -0.39 is 49.0 Å². The average Bonchev–Trinajstić information content (AvgIpc) is 1.27. The van der Waals surface area contributed by atoms with Gasteiger partial charge in [-0.2, -0.15) is 0 Å². The fourth-order valence-corrected chi connectivity index (χ4v) is 12.8. The van der Waals surface area contributed by atoms with Crippen LogP contribution in [0.1, 0.15) is 180 Å². The van der Waals surface area contributed by atoms with E-state index in [-0.39, 0.29) is 26.4 Å². The van der Waals surface area contributed by atoms with Crippen molar-refractivity contribution < 1.29 is 47.4 Å². The van der Waals surface area contributed by atoms with Crippen LogP contribution in [-0.2, 0) is 90.4 Å². The minimum Gasteiger partial charge on any atom is -0.497 e. The maximum absolute atomic E-state index is 7.50. The van der Waals surface area contributed by atoms with Crippen molar-refractivity contribution in [2.45, 2.75) is 230 Å². The first-order valence-electron chi connectivity index (χ1n) is 36.3. The largest absolute Gasteiger partial charge is 0.497 e. The van der Waals surface area contributed by atoms with Crippen LogP contribution in [0.3, 0.4) is 0 Å². The van der Waals surface area contributed by atoms with Crippen LogP contribution in [0, 0.1) is 0 Å². The van der Waals surface area contributed by atoms with Crippen LogP contribution in [0.4, 0.5) is 0 Å². The van der Waals surface area contributed by atoms with Gasteiger partial charge in [0.2, 0.25) is 0 Å². The molecule has 520 valence electrons. The highest BCUT2D eigenvalue weighted by Gasteiger charge is 2.50. The molecule has 2 heterocycles. The third-order valence-corrected chi connectivity index (χ3v) is 18.5. The molecule has 0 radical (unpaired) electrons. The zero-order valence-electron chi connectivity index (χ0n) is 58.2. The minimum absolute atomic E-state index is 0.0777. The number of unbranched alkanes of at least 4 members (excludes halogenated alkanes) is 16. The molecule has 1 saturated heterocycles. The molecule has 1 unspecified atom stereocenters. The summed E-state index contributed by atoms with van der Waals surface area (Å²) in [5.41, 5.74) is 8.43. The van der Waals surface area contributed by atoms with E-state index >= 15 is 0 Å². The Hall–Kier alpha value is -7.04. The van der Waals surface area contributed by atoms with Crippen LogP contribution >= 0.6 is 0 Å². The standard InChI is InChI=1S/C84H109N3O10/c1-4-5-6-7-8-9-10-11-12-13-18-36-49-78(91-60-72-50-54-75(88-2)55-51-72)80(92-64-73-52-56-76(89-3)57-53-73)77(87-58-74(85-86-87)48-35-17-15-14-16-24-37-67-38-25-19-26-39-67)65-96-84-83(95-63-71-46-33-23-34-47-71)82(94-62-70-44-31-22-32-45-70)81(93-61-69-42-29-21-30-43-69)79(97-84)66-90-59-68-40-27-20-28-41-68/h19-23,25-34,38-47,50-58,77-84H,4-18,24,35-37,48-49,59-66H2,1-3H3/t77-,78+,79?,80-,81-,82-,83+,84-/m0/s1. The second-order valence-corrected chi connectivity index (χ2v) is 26.0. The molecule has 13 nitrogen and oxygen atoms in total. The van der Waals surface area contributed by atoms with Crippen molar-refractivity contribution in [3.05, 3.63) is 251 Å². The quantitative estimate of drug-likeness (QED) is 0.0337. The fraction of sp³-hybridized carbons (Fsp3) is 0.476. The summed E-state index contributed by atoms with van der Waals surface area (Å²) < 4.78 is 70.9. The number of benzene rings is 7. The number of ether oxygens (including phenoxy) is 10. The summed E-state index contributed by atoms with van der Waals surface area (Å²) in [6.45, 7) is 4.42. The summed E-state index contributed by atoms with van der Waals surface area (Å²) in [5, 5.41) is 9.97. The second-order valence-electron chi connectivity index (χ2n) is 26.0. The van der Waals surface area contributed by atoms with Crippen LogP contribution in [0.15, 0.2) is 206 Å². The first-order valence-corrected chi connectivity index (χ1v) is 36.3. The van der Waals surface area contributed by atoms with E-state index in [1.54, 1.807) is 14.2 Å². The highest BCUT2D eigenvalue weighted by Crippen LogP contribution is 2.35. The van der Waals surface area contributed by atoms with E-state index in [1.807, 2.05) is 102 Å². The van der Waals surface area contributed by atoms with Crippen molar-refractivity contribution in [1.29, 1.82) is 0 Å². The molecular formula is C84H109N3O10. The number of hydrogen-bond acceptors (Lipinski definition) is 12. The van der Waals surface area contributed by atoms with E-state index in [0.717, 1.165) is 102 Å². The Labute approximate surface area is 579 Å². The van der Waals surface area contributed by atoms with Gasteiger partial charge in [0.15, 0.2) is 6.29 Å². The van der Waals surface area contributed by atoms with Gasteiger partial charge in [-0.1, -0.05) is 291 Å². The van der Waals surface area contributed by atoms with E-state index in [2.05, 4.69) is 116 Å². The predicted molar refractivity (Wildman–Crippen MR) is 385 cm³/mol. The van der Waals surface area contributed by atoms with Gasteiger partial charge in [-0.25, -0.2) is 4.68 Å². The van der Waals surface area contributed by atoms with Crippen LogP contribution in [0.25, 0.3) is 0 Å². The highest BCUT2D eigenvalue weighted by atomic mass is 16.7. The molecule has 1 aliphatic heterocycles. The zero-order chi connectivity index (χ0) is 67.0. The van der Waals surface area contributed by atoms with Crippen molar-refractivity contribution in [3.63, 3.8) is 0 Å². The predicted octanol–water partition coefficient (Wildman–Crippen LogP) is 18.9. The molecule has 13 heteroatoms. The number of hydrogen-bond donors (Lipinski definition) is 0. The van der Waals surface area contributed by atoms with Gasteiger partial charge in [-0.15, -0.1) is 5.10 Å². The van der Waals surface area contributed by atoms with Gasteiger partial charge in [0.05, 0.1) is 78.9 Å². The minimum atomic E-state index is -0.998. The van der Waals surface area contributed by atoms with Gasteiger partial charge in [-0.3, -0.25) is 0 Å². The molecule has 1 aromatic heterocycles. The first kappa shape index (κ1) is 74.2. The Morgan fingerprint density at radius 2 is 0.825 bits per heavy atom. The van der Waals surface area contributed by atoms with Crippen LogP contribution in [-0.4, -0.2) is 85.3 Å². The lowest BCUT2D eigenvalue weighted by atomic mass is 9.97. The molecule has 1 fully saturated rings. The van der Waals surface area contributed by atoms with Crippen molar-refractivity contribution in [2.24, 2.45) is 0 Å². The van der Waals surface area contributed by atoms with Crippen molar-refractivity contribution in [1.82, 2.24) is 15.0 Å². The lowest BCUT2D eigenvalue weighted by Gasteiger charge is -2.46. The highest BCUT2D eigenvalue weighted by molar-refractivity contribution is 5.28. The molecule has 0 spiro atoms. The maximum Gasteiger partial charge on any atom is 0.187 e. The number of aryl methyl sites for hydroxylation is 2. The Bertz CT molecular complexity index is 3250. The molecular weight excluding hydrogens is 1210 g/mol. The average molecular weight is 1320 g/mol. The summed E-state index contributed by atoms with van der Waals surface area (Å²) in [4.78, 5) is 0. The maximum atomic E-state index is 7.50. The van der Waals surface area contributed by atoms with Gasteiger partial charge < -0.3 is 47.4 Å². The number of nitrogens with zero attached hydrogens (tertiary/aromatic N) is 3. The van der Waals surface area contributed by atoms with Gasteiger partial charge in [0, 0.05) is 6.20 Å². The fourth-order valence-electron chi connectivity index (χ4n) is 12.8. The topological polar surface area (TPSA) is 123 Å². The van der Waals surface area contributed by atoms with Crippen molar-refractivity contribution in [3.8, 4) is 11.5 Å². The summed E-state index contributed by atoms with van der Waals surface area (Å²) in [6, 6.07) is 67.3. The molecule has 0 saturated carbocycles. The molecule has 0 N–H and O–H groups in total. The Balaban J connectivity index is 1.05. The zero-order valence-corrected chi connectivity index (χ0v) is 58.2. The summed E-state index contributed by atoms with van der Waals surface area (Å²) in [7, 11) is 3.38. The molecule has 0 aliphatic carbocycles. The van der Waals surface area contributed by atoms with Gasteiger partial charge in [0.1, 0.15) is 48.1 Å². The van der Waals surface area contributed by atoms with Crippen molar-refractivity contribution in [2.75, 3.05) is 27.4 Å². The molecule has 8 atom stereocenters. The lowest BCUT2D eigenvalue weighted by Crippen LogP contribution is -2.62. The molecule has 0 amide bonds. The van der Waals surface area contributed by atoms with Crippen LogP contribution < -0.4 is 9.47 Å². The molecule has 1 aliphatic rings. The SMILES string of the molecule is CCCCCCCCCCCCCC[C@@H](OCc1ccc(OC)cc1)[C@@H](OCc1ccc(OC)cc1)[C@H](CO[C@H]1OC(COCc2ccccc2)[C@H](OCc2ccccc2)[C@H](OCc2ccccc2)[C@H]1OCc1ccccc1)n1cc(CCCCCCCCc2ccccc2)nn1. The van der Waals surface area contributed by atoms with Crippen LogP contribution in [0.2, 0.25) is 0 Å². The van der Waals surface area contributed by atoms with Gasteiger partial charge >= 0.3 is 0 Å². The Morgan fingerprint density at radius 3 is 1.33 bits per heavy atom. The molecule has 7 aromatic carbocycles. The van der Waals surface area contributed by atoms with E-state index in [4.69, 9.17) is 57.7 Å². The van der Waals surface area contributed by atoms with E-state index in [9.17, 15) is 0 Å². The smallest absolute Gasteiger partial charge is 0.187 e. The normalized spacial score (nSPS) is 17.2. The van der Waals surface area contributed by atoms with Crippen LogP contribution in [0.5, 0.6) is 11.5 Å². The number of rotatable bonds is 49. The van der Waals surface area contributed by atoms with Gasteiger partial charge in [-0.05, 0) is 95.3 Å². The summed E-state index contributed by atoms with van der Waals surface area (Å²) >= 11 is 0. The monoisotopic (exact) mass is 1320 g/mol. The van der Waals surface area contributed by atoms with E-state index in [1.165, 1.54) is 89.0 Å². The number of methoxy groups -OCH3 is 2. The third-order valence-electron chi connectivity index (χ3n) is 18.5.